The first-order valence-corrected chi connectivity index (χ1v) is 10.7. The number of nitrogens with zero attached hydrogens (tertiary/aromatic N) is 3. The fourth-order valence-corrected chi connectivity index (χ4v) is 5.63. The van der Waals surface area contributed by atoms with E-state index in [0.29, 0.717) is 22.3 Å². The summed E-state index contributed by atoms with van der Waals surface area (Å²) in [5.74, 6) is 0.311. The highest BCUT2D eigenvalue weighted by atomic mass is 16.1. The Kier molecular flexibility index (Phi) is 3.84. The van der Waals surface area contributed by atoms with Crippen LogP contribution < -0.4 is 10.9 Å². The number of hydrogen-bond acceptors (Lipinski definition) is 4. The van der Waals surface area contributed by atoms with Crippen molar-refractivity contribution in [2.45, 2.75) is 44.6 Å². The van der Waals surface area contributed by atoms with Crippen molar-refractivity contribution in [2.75, 3.05) is 0 Å². The molecule has 0 atom stereocenters. The zero-order valence-corrected chi connectivity index (χ0v) is 17.3. The number of amides is 1. The second-order valence-electron chi connectivity index (χ2n) is 9.19. The first-order chi connectivity index (χ1) is 15.0. The lowest BCUT2D eigenvalue weighted by molar-refractivity contribution is -0.0196. The van der Waals surface area contributed by atoms with Crippen LogP contribution in [0.25, 0.3) is 16.3 Å². The summed E-state index contributed by atoms with van der Waals surface area (Å²) in [6.07, 6.45) is 5.75. The molecule has 1 amide bonds. The molecule has 3 aromatic heterocycles. The monoisotopic (exact) mass is 413 g/mol. The quantitative estimate of drug-likeness (QED) is 0.539. The molecule has 7 heteroatoms. The lowest BCUT2D eigenvalue weighted by Crippen LogP contribution is -2.55. The molecular formula is C24H23N5O2. The molecular weight excluding hydrogens is 390 g/mol. The van der Waals surface area contributed by atoms with Gasteiger partial charge in [0.25, 0.3) is 11.5 Å². The van der Waals surface area contributed by atoms with E-state index < -0.39 is 0 Å². The van der Waals surface area contributed by atoms with Crippen molar-refractivity contribution in [1.29, 1.82) is 0 Å². The summed E-state index contributed by atoms with van der Waals surface area (Å²) in [4.78, 5) is 24.8. The van der Waals surface area contributed by atoms with E-state index in [0.717, 1.165) is 48.0 Å². The summed E-state index contributed by atoms with van der Waals surface area (Å²) in [5, 5.41) is 16.2. The predicted octanol–water partition coefficient (Wildman–Crippen LogP) is 3.34. The number of H-pyrrole nitrogens is 1. The third kappa shape index (κ3) is 2.80. The Labute approximate surface area is 178 Å². The Bertz CT molecular complexity index is 1390. The van der Waals surface area contributed by atoms with Crippen molar-refractivity contribution in [1.82, 2.24) is 25.1 Å². The summed E-state index contributed by atoms with van der Waals surface area (Å²) >= 11 is 0. The molecule has 2 aliphatic rings. The predicted molar refractivity (Wildman–Crippen MR) is 117 cm³/mol. The first-order valence-electron chi connectivity index (χ1n) is 10.7. The normalized spacial score (nSPS) is 24.8. The second-order valence-corrected chi connectivity index (χ2v) is 9.19. The van der Waals surface area contributed by atoms with Gasteiger partial charge in [-0.15, -0.1) is 0 Å². The number of fused-ring (bicyclic) bond motifs is 2. The maximum atomic E-state index is 12.8. The molecule has 2 fully saturated rings. The third-order valence-electron chi connectivity index (χ3n) is 7.14. The number of benzene rings is 1. The minimum absolute atomic E-state index is 0.0513. The van der Waals surface area contributed by atoms with Gasteiger partial charge in [0.2, 0.25) is 0 Å². The van der Waals surface area contributed by atoms with Crippen LogP contribution in [0.1, 0.15) is 53.3 Å². The third-order valence-corrected chi connectivity index (χ3v) is 7.14. The molecule has 7 nitrogen and oxygen atoms in total. The number of nitrogens with one attached hydrogen (secondary N) is 2. The molecule has 1 aromatic carbocycles. The molecule has 3 heterocycles. The molecule has 0 unspecified atom stereocenters. The molecule has 0 bridgehead atoms. The van der Waals surface area contributed by atoms with Gasteiger partial charge in [-0.2, -0.15) is 10.2 Å². The van der Waals surface area contributed by atoms with Gasteiger partial charge in [0.15, 0.2) is 0 Å². The summed E-state index contributed by atoms with van der Waals surface area (Å²) in [6.45, 7) is 1.98. The molecule has 156 valence electrons. The number of carbonyl (C=O) groups excluding carboxylic acids is 1. The average Bonchev–Trinajstić information content (AvgIpc) is 3.15. The fourth-order valence-electron chi connectivity index (χ4n) is 5.63. The van der Waals surface area contributed by atoms with Gasteiger partial charge >= 0.3 is 0 Å². The van der Waals surface area contributed by atoms with Gasteiger partial charge in [0, 0.05) is 23.0 Å². The Balaban J connectivity index is 1.12. The number of aromatic nitrogens is 4. The highest BCUT2D eigenvalue weighted by Crippen LogP contribution is 2.62. The first kappa shape index (κ1) is 18.3. The summed E-state index contributed by atoms with van der Waals surface area (Å²) in [7, 11) is 0. The van der Waals surface area contributed by atoms with Crippen LogP contribution in [0.4, 0.5) is 0 Å². The largest absolute Gasteiger partial charge is 0.349 e. The molecule has 2 N–H and O–H groups in total. The van der Waals surface area contributed by atoms with E-state index in [-0.39, 0.29) is 17.5 Å². The highest BCUT2D eigenvalue weighted by molar-refractivity contribution is 6.00. The van der Waals surface area contributed by atoms with Crippen molar-refractivity contribution in [2.24, 2.45) is 5.41 Å². The van der Waals surface area contributed by atoms with Crippen LogP contribution in [0.2, 0.25) is 0 Å². The number of hydrogen-bond donors (Lipinski definition) is 2. The summed E-state index contributed by atoms with van der Waals surface area (Å²) in [5.41, 5.74) is 3.62. The Morgan fingerprint density at radius 1 is 1.10 bits per heavy atom. The zero-order valence-electron chi connectivity index (χ0n) is 17.3. The number of rotatable bonds is 3. The van der Waals surface area contributed by atoms with E-state index >= 15 is 0 Å². The van der Waals surface area contributed by atoms with Crippen molar-refractivity contribution < 1.29 is 4.79 Å². The molecule has 0 saturated heterocycles. The average molecular weight is 413 g/mol. The number of pyridine rings is 1. The van der Waals surface area contributed by atoms with Crippen LogP contribution in [-0.4, -0.2) is 31.8 Å². The Hall–Kier alpha value is -3.48. The van der Waals surface area contributed by atoms with Crippen LogP contribution in [-0.2, 0) is 0 Å². The van der Waals surface area contributed by atoms with Crippen molar-refractivity contribution in [3.63, 3.8) is 0 Å². The van der Waals surface area contributed by atoms with Crippen LogP contribution in [0.5, 0.6) is 0 Å². The standard InChI is InChI=1S/C24H23N5O2/c1-14-5-4-8-20-19(13-25-29(14)20)22(30)26-16-11-24(12-16)9-15(10-24)21-17-6-2-3-7-18(17)23(31)28-27-21/h2-8,13,15-16H,9-12H2,1H3,(H,26,30)(H,28,31). The number of aryl methyl sites for hydroxylation is 1. The molecule has 0 radical (unpaired) electrons. The topological polar surface area (TPSA) is 92.1 Å². The lowest BCUT2D eigenvalue weighted by Gasteiger charge is -2.57. The van der Waals surface area contributed by atoms with E-state index in [1.165, 1.54) is 0 Å². The molecule has 0 aliphatic heterocycles. The van der Waals surface area contributed by atoms with E-state index in [4.69, 9.17) is 0 Å². The van der Waals surface area contributed by atoms with Crippen molar-refractivity contribution in [3.05, 3.63) is 76.0 Å². The van der Waals surface area contributed by atoms with Gasteiger partial charge in [0.1, 0.15) is 0 Å². The lowest BCUT2D eigenvalue weighted by atomic mass is 9.49. The van der Waals surface area contributed by atoms with Crippen molar-refractivity contribution >= 4 is 22.2 Å². The van der Waals surface area contributed by atoms with Gasteiger partial charge in [0.05, 0.1) is 28.4 Å². The minimum Gasteiger partial charge on any atom is -0.349 e. The van der Waals surface area contributed by atoms with Crippen molar-refractivity contribution in [3.8, 4) is 0 Å². The summed E-state index contributed by atoms with van der Waals surface area (Å²) < 4.78 is 1.80. The van der Waals surface area contributed by atoms with Crippen LogP contribution in [0, 0.1) is 12.3 Å². The molecule has 31 heavy (non-hydrogen) atoms. The fraction of sp³-hybridized carbons (Fsp3) is 0.333. The molecule has 1 spiro atoms. The van der Waals surface area contributed by atoms with Crippen LogP contribution in [0.3, 0.4) is 0 Å². The Morgan fingerprint density at radius 3 is 2.68 bits per heavy atom. The number of aromatic amines is 1. The van der Waals surface area contributed by atoms with Gasteiger partial charge in [-0.25, -0.2) is 9.61 Å². The smallest absolute Gasteiger partial charge is 0.272 e. The molecule has 4 aromatic rings. The zero-order chi connectivity index (χ0) is 21.2. The second kappa shape index (κ2) is 6.51. The number of carbonyl (C=O) groups is 1. The van der Waals surface area contributed by atoms with Gasteiger partial charge in [-0.1, -0.05) is 24.3 Å². The van der Waals surface area contributed by atoms with Crippen LogP contribution in [0.15, 0.2) is 53.5 Å². The van der Waals surface area contributed by atoms with Gasteiger partial charge in [-0.05, 0) is 56.2 Å². The van der Waals surface area contributed by atoms with E-state index in [1.807, 2.05) is 49.4 Å². The molecule has 2 aliphatic carbocycles. The maximum Gasteiger partial charge on any atom is 0.272 e. The SMILES string of the molecule is Cc1cccc2c(C(=O)NC3CC4(C3)CC(c3n[nH]c(=O)c5ccccc35)C4)cnn12. The van der Waals surface area contributed by atoms with E-state index in [1.54, 1.807) is 10.7 Å². The molecule has 2 saturated carbocycles. The molecule has 6 rings (SSSR count). The Morgan fingerprint density at radius 2 is 1.87 bits per heavy atom. The van der Waals surface area contributed by atoms with E-state index in [9.17, 15) is 9.59 Å². The van der Waals surface area contributed by atoms with Gasteiger partial charge in [-0.3, -0.25) is 9.59 Å². The highest BCUT2D eigenvalue weighted by Gasteiger charge is 2.54. The minimum atomic E-state index is -0.136. The van der Waals surface area contributed by atoms with Crippen LogP contribution >= 0.6 is 0 Å². The van der Waals surface area contributed by atoms with Gasteiger partial charge < -0.3 is 5.32 Å². The summed E-state index contributed by atoms with van der Waals surface area (Å²) in [6, 6.07) is 13.7. The van der Waals surface area contributed by atoms with E-state index in [2.05, 4.69) is 20.6 Å². The maximum absolute atomic E-state index is 12.8.